The van der Waals surface area contributed by atoms with Crippen molar-refractivity contribution in [3.63, 3.8) is 0 Å². The predicted octanol–water partition coefficient (Wildman–Crippen LogP) is 4.55. The molecule has 6 rings (SSSR count). The van der Waals surface area contributed by atoms with E-state index in [0.29, 0.717) is 17.1 Å². The summed E-state index contributed by atoms with van der Waals surface area (Å²) in [6.45, 7) is 1.93. The molecule has 0 fully saturated rings. The highest BCUT2D eigenvalue weighted by molar-refractivity contribution is 7.17. The number of thiophene rings is 1. The molecule has 0 saturated carbocycles. The SMILES string of the molecule is CN(C)CC1CCn2c(c(C3=C(c4csc5ccccc45)C(=O)NC3=O)c3ccccc32)C1. The van der Waals surface area contributed by atoms with E-state index in [9.17, 15) is 9.59 Å². The molecule has 166 valence electrons. The van der Waals surface area contributed by atoms with E-state index in [1.54, 1.807) is 11.3 Å². The van der Waals surface area contributed by atoms with Gasteiger partial charge in [0, 0.05) is 56.3 Å². The van der Waals surface area contributed by atoms with Gasteiger partial charge in [0.25, 0.3) is 11.8 Å². The Morgan fingerprint density at radius 2 is 1.73 bits per heavy atom. The second-order valence-corrected chi connectivity index (χ2v) is 10.2. The Morgan fingerprint density at radius 3 is 2.55 bits per heavy atom. The van der Waals surface area contributed by atoms with Crippen LogP contribution < -0.4 is 5.32 Å². The Kier molecular flexibility index (Phi) is 4.75. The topological polar surface area (TPSA) is 54.3 Å². The fourth-order valence-corrected chi connectivity index (χ4v) is 6.54. The number of fused-ring (bicyclic) bond motifs is 4. The van der Waals surface area contributed by atoms with Crippen molar-refractivity contribution < 1.29 is 9.59 Å². The van der Waals surface area contributed by atoms with Gasteiger partial charge in [-0.1, -0.05) is 36.4 Å². The summed E-state index contributed by atoms with van der Waals surface area (Å²) in [5.74, 6) is -0.0795. The van der Waals surface area contributed by atoms with Gasteiger partial charge in [-0.15, -0.1) is 11.3 Å². The number of carbonyl (C=O) groups is 2. The van der Waals surface area contributed by atoms with E-state index in [1.165, 1.54) is 5.69 Å². The molecule has 4 heterocycles. The number of rotatable bonds is 4. The van der Waals surface area contributed by atoms with Crippen LogP contribution in [0.3, 0.4) is 0 Å². The van der Waals surface area contributed by atoms with Crippen molar-refractivity contribution in [3.8, 4) is 0 Å². The largest absolute Gasteiger partial charge is 0.344 e. The van der Waals surface area contributed by atoms with Crippen molar-refractivity contribution in [1.82, 2.24) is 14.8 Å². The smallest absolute Gasteiger partial charge is 0.259 e. The third-order valence-corrected chi connectivity index (χ3v) is 7.84. The second kappa shape index (κ2) is 7.68. The van der Waals surface area contributed by atoms with Gasteiger partial charge in [0.1, 0.15) is 0 Å². The summed E-state index contributed by atoms with van der Waals surface area (Å²) in [4.78, 5) is 28.7. The van der Waals surface area contributed by atoms with Crippen molar-refractivity contribution in [2.45, 2.75) is 19.4 Å². The zero-order valence-corrected chi connectivity index (χ0v) is 19.5. The van der Waals surface area contributed by atoms with Crippen LogP contribution in [0.2, 0.25) is 0 Å². The Balaban J connectivity index is 1.64. The molecule has 0 radical (unpaired) electrons. The highest BCUT2D eigenvalue weighted by Crippen LogP contribution is 2.43. The van der Waals surface area contributed by atoms with Crippen molar-refractivity contribution >= 4 is 55.3 Å². The standard InChI is InChI=1S/C27H25N3O2S/c1-29(2)14-16-11-12-30-20-9-5-3-8-18(20)23(21(30)13-16)25-24(26(31)28-27(25)32)19-15-33-22-10-6-4-7-17(19)22/h3-10,15-16H,11-14H2,1-2H3,(H,28,31,32). The zero-order chi connectivity index (χ0) is 22.7. The van der Waals surface area contributed by atoms with Gasteiger partial charge in [0.2, 0.25) is 0 Å². The third kappa shape index (κ3) is 3.16. The van der Waals surface area contributed by atoms with Crippen LogP contribution in [0.25, 0.3) is 32.1 Å². The lowest BCUT2D eigenvalue weighted by molar-refractivity contribution is -0.122. The van der Waals surface area contributed by atoms with Crippen LogP contribution in [0.5, 0.6) is 0 Å². The maximum Gasteiger partial charge on any atom is 0.259 e. The molecule has 1 atom stereocenters. The Labute approximate surface area is 196 Å². The quantitative estimate of drug-likeness (QED) is 0.460. The van der Waals surface area contributed by atoms with Gasteiger partial charge in [-0.25, -0.2) is 0 Å². The van der Waals surface area contributed by atoms with Crippen LogP contribution in [0, 0.1) is 5.92 Å². The molecule has 6 heteroatoms. The van der Waals surface area contributed by atoms with Crippen molar-refractivity contribution in [2.24, 2.45) is 5.92 Å². The van der Waals surface area contributed by atoms with Gasteiger partial charge in [-0.3, -0.25) is 14.9 Å². The summed E-state index contributed by atoms with van der Waals surface area (Å²) in [6.07, 6.45) is 2.00. The van der Waals surface area contributed by atoms with E-state index >= 15 is 0 Å². The number of aryl methyl sites for hydroxylation is 1. The fourth-order valence-electron chi connectivity index (χ4n) is 5.58. The highest BCUT2D eigenvalue weighted by atomic mass is 32.1. The summed E-state index contributed by atoms with van der Waals surface area (Å²) in [5.41, 5.74) is 5.12. The maximum absolute atomic E-state index is 13.3. The lowest BCUT2D eigenvalue weighted by Gasteiger charge is -2.28. The van der Waals surface area contributed by atoms with E-state index in [2.05, 4.69) is 47.1 Å². The molecular weight excluding hydrogens is 430 g/mol. The fraction of sp³-hybridized carbons (Fsp3) is 0.259. The molecule has 33 heavy (non-hydrogen) atoms. The number of nitrogens with one attached hydrogen (secondary N) is 1. The van der Waals surface area contributed by atoms with Crippen molar-refractivity contribution in [3.05, 3.63) is 70.7 Å². The number of imide groups is 1. The van der Waals surface area contributed by atoms with Crippen molar-refractivity contribution in [1.29, 1.82) is 0 Å². The molecule has 1 unspecified atom stereocenters. The molecule has 2 aliphatic rings. The first-order valence-electron chi connectivity index (χ1n) is 11.3. The van der Waals surface area contributed by atoms with Gasteiger partial charge in [-0.05, 0) is 45.0 Å². The number of amides is 2. The molecule has 0 saturated heterocycles. The average Bonchev–Trinajstić information content (AvgIpc) is 3.44. The Bertz CT molecular complexity index is 1470. The molecule has 0 spiro atoms. The molecule has 2 amide bonds. The molecule has 1 N–H and O–H groups in total. The lowest BCUT2D eigenvalue weighted by atomic mass is 9.89. The van der Waals surface area contributed by atoms with Crippen LogP contribution in [-0.4, -0.2) is 41.9 Å². The summed E-state index contributed by atoms with van der Waals surface area (Å²) >= 11 is 1.61. The van der Waals surface area contributed by atoms with Crippen LogP contribution >= 0.6 is 11.3 Å². The molecule has 0 bridgehead atoms. The van der Waals surface area contributed by atoms with Crippen molar-refractivity contribution in [2.75, 3.05) is 20.6 Å². The number of carbonyl (C=O) groups excluding carboxylic acids is 2. The van der Waals surface area contributed by atoms with Crippen LogP contribution in [0.4, 0.5) is 0 Å². The van der Waals surface area contributed by atoms with Gasteiger partial charge in [0.15, 0.2) is 0 Å². The van der Waals surface area contributed by atoms with Crippen LogP contribution in [0.1, 0.15) is 23.2 Å². The summed E-state index contributed by atoms with van der Waals surface area (Å²) in [7, 11) is 4.22. The second-order valence-electron chi connectivity index (χ2n) is 9.29. The molecule has 0 aliphatic carbocycles. The third-order valence-electron chi connectivity index (χ3n) is 6.88. The lowest BCUT2D eigenvalue weighted by Crippen LogP contribution is -2.29. The van der Waals surface area contributed by atoms with E-state index in [4.69, 9.17) is 0 Å². The number of para-hydroxylation sites is 1. The molecule has 4 aromatic rings. The highest BCUT2D eigenvalue weighted by Gasteiger charge is 2.38. The van der Waals surface area contributed by atoms with Gasteiger partial charge >= 0.3 is 0 Å². The number of aromatic nitrogens is 1. The van der Waals surface area contributed by atoms with Gasteiger partial charge in [0.05, 0.1) is 11.1 Å². The number of nitrogens with zero attached hydrogens (tertiary/aromatic N) is 2. The minimum Gasteiger partial charge on any atom is -0.344 e. The van der Waals surface area contributed by atoms with Gasteiger partial charge in [-0.2, -0.15) is 0 Å². The predicted molar refractivity (Wildman–Crippen MR) is 134 cm³/mol. The van der Waals surface area contributed by atoms with E-state index in [0.717, 1.165) is 58.0 Å². The first kappa shape index (κ1) is 20.4. The maximum atomic E-state index is 13.3. The summed E-state index contributed by atoms with van der Waals surface area (Å²) in [6, 6.07) is 16.3. The van der Waals surface area contributed by atoms with E-state index in [-0.39, 0.29) is 11.8 Å². The zero-order valence-electron chi connectivity index (χ0n) is 18.7. The summed E-state index contributed by atoms with van der Waals surface area (Å²) in [5, 5.41) is 6.69. The van der Waals surface area contributed by atoms with Gasteiger partial charge < -0.3 is 9.47 Å². The first-order chi connectivity index (χ1) is 16.0. The van der Waals surface area contributed by atoms with E-state index in [1.807, 2.05) is 35.7 Å². The average molecular weight is 456 g/mol. The molecule has 2 aromatic carbocycles. The van der Waals surface area contributed by atoms with Crippen LogP contribution in [-0.2, 0) is 22.6 Å². The minimum absolute atomic E-state index is 0.292. The normalized spacial score (nSPS) is 18.6. The van der Waals surface area contributed by atoms with E-state index < -0.39 is 0 Å². The minimum atomic E-state index is -0.303. The Morgan fingerprint density at radius 1 is 1.00 bits per heavy atom. The molecule has 5 nitrogen and oxygen atoms in total. The number of hydrogen-bond donors (Lipinski definition) is 1. The Hall–Kier alpha value is -3.22. The first-order valence-corrected chi connectivity index (χ1v) is 12.2. The number of benzene rings is 2. The molecular formula is C27H25N3O2S. The monoisotopic (exact) mass is 455 g/mol. The molecule has 2 aromatic heterocycles. The number of hydrogen-bond acceptors (Lipinski definition) is 4. The van der Waals surface area contributed by atoms with Crippen LogP contribution in [0.15, 0.2) is 53.9 Å². The molecule has 2 aliphatic heterocycles. The summed E-state index contributed by atoms with van der Waals surface area (Å²) < 4.78 is 3.48.